The second-order valence-electron chi connectivity index (χ2n) is 4.31. The number of thiocarbonyl (C=S) groups is 1. The number of rotatable bonds is 4. The van der Waals surface area contributed by atoms with E-state index in [-0.39, 0.29) is 0 Å². The molecule has 0 aliphatic carbocycles. The minimum absolute atomic E-state index is 0.296. The molecule has 5 heteroatoms. The molecule has 0 bridgehead atoms. The van der Waals surface area contributed by atoms with E-state index in [4.69, 9.17) is 18.0 Å². The fraction of sp³-hybridized carbons (Fsp3) is 0.143. The number of nitrogens with two attached hydrogens (primary N) is 1. The molecule has 0 aliphatic rings. The average Bonchev–Trinajstić information content (AvgIpc) is 2.39. The van der Waals surface area contributed by atoms with E-state index < -0.39 is 0 Å². The summed E-state index contributed by atoms with van der Waals surface area (Å²) in [6.45, 7) is 0. The van der Waals surface area contributed by atoms with Gasteiger partial charge in [0.05, 0.1) is 17.1 Å². The van der Waals surface area contributed by atoms with Crippen LogP contribution >= 0.6 is 12.2 Å². The number of hydrogen-bond donors (Lipinski definition) is 2. The van der Waals surface area contributed by atoms with Crippen molar-refractivity contribution in [1.82, 2.24) is 4.98 Å². The number of nitrogens with one attached hydrogen (secondary N) is 1. The third kappa shape index (κ3) is 3.20. The standard InChI is InChI=1S/C14H16N4S/c1-18(2)12-8-4-3-6-10(12)16-13-9-5-7-11(17-13)14(15)19/h3-9H,1-2H3,(H2,15,19)(H,16,17). The van der Waals surface area contributed by atoms with Gasteiger partial charge in [-0.3, -0.25) is 0 Å². The van der Waals surface area contributed by atoms with Gasteiger partial charge in [-0.15, -0.1) is 0 Å². The molecule has 0 fully saturated rings. The van der Waals surface area contributed by atoms with E-state index in [1.165, 1.54) is 0 Å². The van der Waals surface area contributed by atoms with Crippen molar-refractivity contribution in [3.8, 4) is 0 Å². The molecule has 0 amide bonds. The molecular weight excluding hydrogens is 256 g/mol. The van der Waals surface area contributed by atoms with Crippen LogP contribution in [0, 0.1) is 0 Å². The Labute approximate surface area is 118 Å². The first-order valence-corrected chi connectivity index (χ1v) is 6.29. The van der Waals surface area contributed by atoms with Crippen LogP contribution in [0.25, 0.3) is 0 Å². The predicted octanol–water partition coefficient (Wildman–Crippen LogP) is 2.53. The maximum absolute atomic E-state index is 5.59. The summed E-state index contributed by atoms with van der Waals surface area (Å²) in [4.78, 5) is 6.71. The fourth-order valence-electron chi connectivity index (χ4n) is 1.75. The molecule has 1 aromatic heterocycles. The van der Waals surface area contributed by atoms with Crippen LogP contribution in [-0.2, 0) is 0 Å². The first-order valence-electron chi connectivity index (χ1n) is 5.88. The summed E-state index contributed by atoms with van der Waals surface area (Å²) < 4.78 is 0. The first-order chi connectivity index (χ1) is 9.08. The quantitative estimate of drug-likeness (QED) is 0.838. The van der Waals surface area contributed by atoms with Crippen molar-refractivity contribution in [2.24, 2.45) is 5.73 Å². The lowest BCUT2D eigenvalue weighted by molar-refractivity contribution is 1.13. The van der Waals surface area contributed by atoms with E-state index in [2.05, 4.69) is 10.3 Å². The van der Waals surface area contributed by atoms with Gasteiger partial charge in [0.2, 0.25) is 0 Å². The predicted molar refractivity (Wildman–Crippen MR) is 84.2 cm³/mol. The van der Waals surface area contributed by atoms with Crippen LogP contribution in [0.5, 0.6) is 0 Å². The van der Waals surface area contributed by atoms with E-state index in [1.807, 2.05) is 55.4 Å². The van der Waals surface area contributed by atoms with Crippen LogP contribution in [-0.4, -0.2) is 24.1 Å². The Balaban J connectivity index is 2.31. The molecule has 0 saturated carbocycles. The number of para-hydroxylation sites is 2. The van der Waals surface area contributed by atoms with Crippen LogP contribution in [0.15, 0.2) is 42.5 Å². The van der Waals surface area contributed by atoms with Gasteiger partial charge >= 0.3 is 0 Å². The van der Waals surface area contributed by atoms with Crippen LogP contribution < -0.4 is 16.0 Å². The van der Waals surface area contributed by atoms with Gasteiger partial charge in [-0.1, -0.05) is 30.4 Å². The molecule has 1 aromatic carbocycles. The van der Waals surface area contributed by atoms with E-state index in [0.29, 0.717) is 10.7 Å². The number of hydrogen-bond acceptors (Lipinski definition) is 4. The van der Waals surface area contributed by atoms with E-state index in [0.717, 1.165) is 17.2 Å². The highest BCUT2D eigenvalue weighted by atomic mass is 32.1. The minimum atomic E-state index is 0.296. The monoisotopic (exact) mass is 272 g/mol. The van der Waals surface area contributed by atoms with Crippen LogP contribution in [0.2, 0.25) is 0 Å². The molecule has 0 radical (unpaired) electrons. The van der Waals surface area contributed by atoms with Crippen molar-refractivity contribution in [2.45, 2.75) is 0 Å². The van der Waals surface area contributed by atoms with Gasteiger partial charge in [0.25, 0.3) is 0 Å². The third-order valence-corrected chi connectivity index (χ3v) is 2.86. The molecule has 4 nitrogen and oxygen atoms in total. The van der Waals surface area contributed by atoms with Crippen molar-refractivity contribution < 1.29 is 0 Å². The van der Waals surface area contributed by atoms with Gasteiger partial charge in [-0.05, 0) is 24.3 Å². The molecule has 3 N–H and O–H groups in total. The summed E-state index contributed by atoms with van der Waals surface area (Å²) in [6, 6.07) is 13.6. The summed E-state index contributed by atoms with van der Waals surface area (Å²) in [7, 11) is 4.00. The Morgan fingerprint density at radius 3 is 2.58 bits per heavy atom. The summed E-state index contributed by atoms with van der Waals surface area (Å²) in [5.74, 6) is 0.722. The minimum Gasteiger partial charge on any atom is -0.388 e. The lowest BCUT2D eigenvalue weighted by Gasteiger charge is -2.18. The molecule has 0 saturated heterocycles. The van der Waals surface area contributed by atoms with Crippen LogP contribution in [0.1, 0.15) is 5.69 Å². The lowest BCUT2D eigenvalue weighted by Crippen LogP contribution is -2.13. The molecule has 1 heterocycles. The Bertz CT molecular complexity index is 596. The SMILES string of the molecule is CN(C)c1ccccc1Nc1cccc(C(N)=S)n1. The summed E-state index contributed by atoms with van der Waals surface area (Å²) in [6.07, 6.45) is 0. The highest BCUT2D eigenvalue weighted by molar-refractivity contribution is 7.80. The number of benzene rings is 1. The van der Waals surface area contributed by atoms with Crippen LogP contribution in [0.4, 0.5) is 17.2 Å². The second kappa shape index (κ2) is 5.67. The highest BCUT2D eigenvalue weighted by Crippen LogP contribution is 2.26. The molecule has 0 aliphatic heterocycles. The summed E-state index contributed by atoms with van der Waals surface area (Å²) >= 11 is 4.93. The van der Waals surface area contributed by atoms with Gasteiger partial charge in [-0.2, -0.15) is 0 Å². The summed E-state index contributed by atoms with van der Waals surface area (Å²) in [5.41, 5.74) is 8.27. The number of anilines is 3. The Morgan fingerprint density at radius 1 is 1.16 bits per heavy atom. The van der Waals surface area contributed by atoms with Crippen molar-refractivity contribution in [3.63, 3.8) is 0 Å². The zero-order chi connectivity index (χ0) is 13.8. The third-order valence-electron chi connectivity index (χ3n) is 2.65. The molecule has 2 rings (SSSR count). The van der Waals surface area contributed by atoms with E-state index in [9.17, 15) is 0 Å². The largest absolute Gasteiger partial charge is 0.388 e. The van der Waals surface area contributed by atoms with Gasteiger partial charge in [0.1, 0.15) is 10.8 Å². The molecule has 0 unspecified atom stereocenters. The fourth-order valence-corrected chi connectivity index (χ4v) is 1.86. The normalized spacial score (nSPS) is 10.0. The number of pyridine rings is 1. The molecular formula is C14H16N4S. The Kier molecular flexibility index (Phi) is 3.97. The van der Waals surface area contributed by atoms with Gasteiger partial charge < -0.3 is 16.0 Å². The van der Waals surface area contributed by atoms with Gasteiger partial charge in [-0.25, -0.2) is 4.98 Å². The second-order valence-corrected chi connectivity index (χ2v) is 4.75. The van der Waals surface area contributed by atoms with Crippen molar-refractivity contribution in [3.05, 3.63) is 48.2 Å². The Morgan fingerprint density at radius 2 is 1.89 bits per heavy atom. The van der Waals surface area contributed by atoms with Gasteiger partial charge in [0, 0.05) is 14.1 Å². The molecule has 98 valence electrons. The molecule has 2 aromatic rings. The average molecular weight is 272 g/mol. The van der Waals surface area contributed by atoms with Crippen molar-refractivity contribution >= 4 is 34.4 Å². The maximum atomic E-state index is 5.59. The molecule has 0 spiro atoms. The molecule has 0 atom stereocenters. The van der Waals surface area contributed by atoms with Crippen molar-refractivity contribution in [1.29, 1.82) is 0 Å². The maximum Gasteiger partial charge on any atom is 0.131 e. The number of aromatic nitrogens is 1. The Hall–Kier alpha value is -2.14. The zero-order valence-electron chi connectivity index (χ0n) is 10.9. The smallest absolute Gasteiger partial charge is 0.131 e. The van der Waals surface area contributed by atoms with E-state index in [1.54, 1.807) is 6.07 Å². The highest BCUT2D eigenvalue weighted by Gasteiger charge is 2.05. The lowest BCUT2D eigenvalue weighted by atomic mass is 10.2. The zero-order valence-corrected chi connectivity index (χ0v) is 11.7. The summed E-state index contributed by atoms with van der Waals surface area (Å²) in [5, 5.41) is 3.28. The van der Waals surface area contributed by atoms with Gasteiger partial charge in [0.15, 0.2) is 0 Å². The van der Waals surface area contributed by atoms with E-state index >= 15 is 0 Å². The van der Waals surface area contributed by atoms with Crippen LogP contribution in [0.3, 0.4) is 0 Å². The number of nitrogens with zero attached hydrogens (tertiary/aromatic N) is 2. The van der Waals surface area contributed by atoms with Crippen molar-refractivity contribution in [2.75, 3.05) is 24.3 Å². The topological polar surface area (TPSA) is 54.2 Å². The molecule has 19 heavy (non-hydrogen) atoms. The first kappa shape index (κ1) is 13.3.